The fourth-order valence-electron chi connectivity index (χ4n) is 3.05. The zero-order valence-electron chi connectivity index (χ0n) is 14.7. The van der Waals surface area contributed by atoms with E-state index in [1.54, 1.807) is 4.68 Å². The van der Waals surface area contributed by atoms with Crippen molar-refractivity contribution in [2.24, 2.45) is 5.10 Å². The molecule has 0 aliphatic rings. The molecule has 2 N–H and O–H groups in total. The van der Waals surface area contributed by atoms with Crippen molar-refractivity contribution >= 4 is 29.3 Å². The van der Waals surface area contributed by atoms with Crippen molar-refractivity contribution in [1.29, 1.82) is 0 Å². The summed E-state index contributed by atoms with van der Waals surface area (Å²) in [6.45, 7) is 4.21. The highest BCUT2D eigenvalue weighted by Gasteiger charge is 2.09. The van der Waals surface area contributed by atoms with Crippen LogP contribution >= 0.6 is 12.2 Å². The summed E-state index contributed by atoms with van der Waals surface area (Å²) in [5, 5.41) is 12.9. The summed E-state index contributed by atoms with van der Waals surface area (Å²) in [5.74, 6) is 0.695. The molecule has 0 amide bonds. The van der Waals surface area contributed by atoms with Gasteiger partial charge in [-0.05, 0) is 31.1 Å². The number of benzene rings is 2. The predicted molar refractivity (Wildman–Crippen MR) is 108 cm³/mol. The number of nitrogens with zero attached hydrogens (tertiary/aromatic N) is 3. The summed E-state index contributed by atoms with van der Waals surface area (Å²) in [6.07, 6.45) is 4.78. The van der Waals surface area contributed by atoms with Gasteiger partial charge in [-0.15, -0.1) is 0 Å². The SMILES string of the molecule is CCc1cccc2c(/C=N/n3c(-c4ccc(C)cc4)n[nH]c3=S)c[nH]c12. The van der Waals surface area contributed by atoms with E-state index in [-0.39, 0.29) is 0 Å². The van der Waals surface area contributed by atoms with Crippen LogP contribution in [0.25, 0.3) is 22.3 Å². The highest BCUT2D eigenvalue weighted by atomic mass is 32.1. The first-order valence-electron chi connectivity index (χ1n) is 8.55. The molecule has 0 fully saturated rings. The maximum absolute atomic E-state index is 5.35. The molecular weight excluding hydrogens is 342 g/mol. The van der Waals surface area contributed by atoms with Crippen molar-refractivity contribution in [3.05, 3.63) is 70.1 Å². The van der Waals surface area contributed by atoms with Gasteiger partial charge in [-0.3, -0.25) is 0 Å². The maximum atomic E-state index is 5.35. The highest BCUT2D eigenvalue weighted by Crippen LogP contribution is 2.22. The number of fused-ring (bicyclic) bond motifs is 1. The Morgan fingerprint density at radius 1 is 1.19 bits per heavy atom. The first-order chi connectivity index (χ1) is 12.7. The molecule has 5 nitrogen and oxygen atoms in total. The lowest BCUT2D eigenvalue weighted by atomic mass is 10.1. The number of nitrogens with one attached hydrogen (secondary N) is 2. The lowest BCUT2D eigenvalue weighted by molar-refractivity contribution is 0.872. The van der Waals surface area contributed by atoms with Gasteiger partial charge in [0.05, 0.1) is 6.21 Å². The Morgan fingerprint density at radius 3 is 2.77 bits per heavy atom. The van der Waals surface area contributed by atoms with Crippen LogP contribution in [0.5, 0.6) is 0 Å². The number of para-hydroxylation sites is 1. The van der Waals surface area contributed by atoms with Crippen molar-refractivity contribution in [2.75, 3.05) is 0 Å². The van der Waals surface area contributed by atoms with E-state index in [4.69, 9.17) is 12.2 Å². The van der Waals surface area contributed by atoms with Crippen molar-refractivity contribution in [2.45, 2.75) is 20.3 Å². The minimum Gasteiger partial charge on any atom is -0.360 e. The fourth-order valence-corrected chi connectivity index (χ4v) is 3.23. The third-order valence-electron chi connectivity index (χ3n) is 4.49. The average Bonchev–Trinajstić information content (AvgIpc) is 3.24. The Bertz CT molecular complexity index is 1150. The van der Waals surface area contributed by atoms with E-state index >= 15 is 0 Å². The molecule has 0 radical (unpaired) electrons. The Labute approximate surface area is 156 Å². The molecule has 0 bridgehead atoms. The van der Waals surface area contributed by atoms with Gasteiger partial charge in [-0.1, -0.05) is 55.0 Å². The number of aromatic amines is 2. The van der Waals surface area contributed by atoms with Gasteiger partial charge in [0.25, 0.3) is 0 Å². The van der Waals surface area contributed by atoms with Crippen LogP contribution in [-0.2, 0) is 6.42 Å². The zero-order valence-corrected chi connectivity index (χ0v) is 15.5. The van der Waals surface area contributed by atoms with E-state index in [0.717, 1.165) is 28.5 Å². The lowest BCUT2D eigenvalue weighted by Gasteiger charge is -2.01. The van der Waals surface area contributed by atoms with Crippen molar-refractivity contribution in [1.82, 2.24) is 19.9 Å². The van der Waals surface area contributed by atoms with E-state index in [2.05, 4.69) is 52.3 Å². The largest absolute Gasteiger partial charge is 0.360 e. The van der Waals surface area contributed by atoms with Crippen molar-refractivity contribution in [3.8, 4) is 11.4 Å². The number of H-pyrrole nitrogens is 2. The van der Waals surface area contributed by atoms with Gasteiger partial charge in [0.15, 0.2) is 5.82 Å². The normalized spacial score (nSPS) is 11.6. The van der Waals surface area contributed by atoms with Crippen LogP contribution in [0.3, 0.4) is 0 Å². The van der Waals surface area contributed by atoms with Crippen LogP contribution in [-0.4, -0.2) is 26.1 Å². The van der Waals surface area contributed by atoms with Gasteiger partial charge in [-0.2, -0.15) is 14.9 Å². The second-order valence-corrected chi connectivity index (χ2v) is 6.60. The molecule has 2 aromatic heterocycles. The van der Waals surface area contributed by atoms with Crippen LogP contribution in [0, 0.1) is 11.7 Å². The van der Waals surface area contributed by atoms with Crippen LogP contribution in [0.4, 0.5) is 0 Å². The van der Waals surface area contributed by atoms with Crippen LogP contribution in [0.2, 0.25) is 0 Å². The second kappa shape index (κ2) is 6.72. The summed E-state index contributed by atoms with van der Waals surface area (Å²) in [5.41, 5.74) is 5.64. The molecule has 0 aliphatic carbocycles. The Hall–Kier alpha value is -2.99. The summed E-state index contributed by atoms with van der Waals surface area (Å²) in [6, 6.07) is 14.5. The molecule has 0 saturated heterocycles. The zero-order chi connectivity index (χ0) is 18.1. The molecule has 6 heteroatoms. The molecule has 0 aliphatic heterocycles. The van der Waals surface area contributed by atoms with Crippen LogP contribution in [0.15, 0.2) is 53.8 Å². The summed E-state index contributed by atoms with van der Waals surface area (Å²) in [4.78, 5) is 3.35. The predicted octanol–water partition coefficient (Wildman–Crippen LogP) is 4.84. The summed E-state index contributed by atoms with van der Waals surface area (Å²) in [7, 11) is 0. The second-order valence-electron chi connectivity index (χ2n) is 6.21. The molecule has 4 aromatic rings. The third-order valence-corrected chi connectivity index (χ3v) is 4.75. The first-order valence-corrected chi connectivity index (χ1v) is 8.96. The Morgan fingerprint density at radius 2 is 2.00 bits per heavy atom. The van der Waals surface area contributed by atoms with Crippen molar-refractivity contribution < 1.29 is 0 Å². The summed E-state index contributed by atoms with van der Waals surface area (Å²) >= 11 is 5.35. The van der Waals surface area contributed by atoms with Gasteiger partial charge in [0.1, 0.15) is 0 Å². The Balaban J connectivity index is 1.76. The number of aromatic nitrogens is 4. The van der Waals surface area contributed by atoms with Crippen molar-refractivity contribution in [3.63, 3.8) is 0 Å². The highest BCUT2D eigenvalue weighted by molar-refractivity contribution is 7.71. The fraction of sp³-hybridized carbons (Fsp3) is 0.150. The van der Waals surface area contributed by atoms with Gasteiger partial charge in [0, 0.05) is 28.2 Å². The molecule has 0 atom stereocenters. The third kappa shape index (κ3) is 2.88. The maximum Gasteiger partial charge on any atom is 0.216 e. The van der Waals surface area contributed by atoms with E-state index in [9.17, 15) is 0 Å². The monoisotopic (exact) mass is 361 g/mol. The molecule has 0 spiro atoms. The van der Waals surface area contributed by atoms with Gasteiger partial charge >= 0.3 is 0 Å². The topological polar surface area (TPSA) is 61.8 Å². The molecule has 26 heavy (non-hydrogen) atoms. The molecule has 2 aromatic carbocycles. The van der Waals surface area contributed by atoms with E-state index < -0.39 is 0 Å². The Kier molecular flexibility index (Phi) is 4.26. The standard InChI is InChI=1S/C20H19N5S/c1-3-14-5-4-6-17-16(11-21-18(14)17)12-22-25-19(23-24-20(25)26)15-9-7-13(2)8-10-15/h4-12,21H,3H2,1-2H3,(H,24,26)/b22-12+. The minimum atomic E-state index is 0.464. The molecular formula is C20H19N5S. The smallest absolute Gasteiger partial charge is 0.216 e. The van der Waals surface area contributed by atoms with E-state index in [1.165, 1.54) is 11.1 Å². The van der Waals surface area contributed by atoms with Gasteiger partial charge < -0.3 is 4.98 Å². The summed E-state index contributed by atoms with van der Waals surface area (Å²) < 4.78 is 2.12. The molecule has 0 saturated carbocycles. The number of rotatable bonds is 4. The van der Waals surface area contributed by atoms with Crippen LogP contribution in [0.1, 0.15) is 23.6 Å². The quantitative estimate of drug-likeness (QED) is 0.403. The van der Waals surface area contributed by atoms with E-state index in [1.807, 2.05) is 36.7 Å². The molecule has 2 heterocycles. The van der Waals surface area contributed by atoms with Gasteiger partial charge in [0.2, 0.25) is 4.77 Å². The lowest BCUT2D eigenvalue weighted by Crippen LogP contribution is -1.95. The van der Waals surface area contributed by atoms with Crippen LogP contribution < -0.4 is 0 Å². The minimum absolute atomic E-state index is 0.464. The van der Waals surface area contributed by atoms with Gasteiger partial charge in [-0.25, -0.2) is 5.10 Å². The number of hydrogen-bond donors (Lipinski definition) is 2. The first kappa shape index (κ1) is 16.5. The van der Waals surface area contributed by atoms with E-state index in [0.29, 0.717) is 10.6 Å². The number of aryl methyl sites for hydroxylation is 2. The average molecular weight is 361 g/mol. The molecule has 0 unspecified atom stereocenters. The number of hydrogen-bond acceptors (Lipinski definition) is 3. The molecule has 130 valence electrons. The molecule has 4 rings (SSSR count).